The summed E-state index contributed by atoms with van der Waals surface area (Å²) in [7, 11) is 1.58. The Bertz CT molecular complexity index is 1200. The van der Waals surface area contributed by atoms with Crippen molar-refractivity contribution in [3.8, 4) is 11.5 Å². The van der Waals surface area contributed by atoms with Crippen LogP contribution in [0.2, 0.25) is 0 Å². The molecule has 0 unspecified atom stereocenters. The Hall–Kier alpha value is -4.06. The molecule has 0 fully saturated rings. The van der Waals surface area contributed by atoms with Gasteiger partial charge >= 0.3 is 0 Å². The molecule has 6 nitrogen and oxygen atoms in total. The van der Waals surface area contributed by atoms with Crippen LogP contribution in [0.1, 0.15) is 23.6 Å². The van der Waals surface area contributed by atoms with Crippen molar-refractivity contribution in [2.45, 2.75) is 20.4 Å². The van der Waals surface area contributed by atoms with Gasteiger partial charge in [-0.3, -0.25) is 14.5 Å². The standard InChI is InChI=1S/C27H26N2O4/c1-4-33-23-8-6-5-7-22(23)28-25-24(20-13-15-21(32-3)16-14-20)26(30)29(27(25)31)17-19-11-9-18(2)10-12-19/h5-16,28H,4,17H2,1-3H3. The summed E-state index contributed by atoms with van der Waals surface area (Å²) in [5.74, 6) is 0.558. The third kappa shape index (κ3) is 4.60. The van der Waals surface area contributed by atoms with Gasteiger partial charge in [-0.15, -0.1) is 0 Å². The first-order chi connectivity index (χ1) is 16.0. The van der Waals surface area contributed by atoms with Crippen molar-refractivity contribution in [2.24, 2.45) is 0 Å². The van der Waals surface area contributed by atoms with Crippen LogP contribution in [0, 0.1) is 6.92 Å². The first kappa shape index (κ1) is 22.1. The maximum absolute atomic E-state index is 13.5. The first-order valence-corrected chi connectivity index (χ1v) is 10.8. The van der Waals surface area contributed by atoms with Crippen molar-refractivity contribution in [1.82, 2.24) is 4.90 Å². The van der Waals surface area contributed by atoms with Crippen LogP contribution in [0.3, 0.4) is 0 Å². The fourth-order valence-corrected chi connectivity index (χ4v) is 3.72. The summed E-state index contributed by atoms with van der Waals surface area (Å²) in [5.41, 5.74) is 3.80. The highest BCUT2D eigenvalue weighted by molar-refractivity contribution is 6.36. The molecule has 2 amide bonds. The largest absolute Gasteiger partial charge is 0.497 e. The van der Waals surface area contributed by atoms with Crippen molar-refractivity contribution >= 4 is 23.1 Å². The van der Waals surface area contributed by atoms with Gasteiger partial charge in [-0.1, -0.05) is 54.1 Å². The van der Waals surface area contributed by atoms with Crippen molar-refractivity contribution in [1.29, 1.82) is 0 Å². The summed E-state index contributed by atoms with van der Waals surface area (Å²) in [5, 5.41) is 3.19. The monoisotopic (exact) mass is 442 g/mol. The normalized spacial score (nSPS) is 13.5. The summed E-state index contributed by atoms with van der Waals surface area (Å²) in [6, 6.07) is 22.3. The highest BCUT2D eigenvalue weighted by Crippen LogP contribution is 2.34. The lowest BCUT2D eigenvalue weighted by atomic mass is 10.0. The van der Waals surface area contributed by atoms with Gasteiger partial charge in [0.25, 0.3) is 11.8 Å². The maximum atomic E-state index is 13.5. The number of hydrogen-bond acceptors (Lipinski definition) is 5. The fourth-order valence-electron chi connectivity index (χ4n) is 3.72. The highest BCUT2D eigenvalue weighted by Gasteiger charge is 2.39. The van der Waals surface area contributed by atoms with Crippen LogP contribution in [0.25, 0.3) is 5.57 Å². The molecule has 0 saturated heterocycles. The third-order valence-electron chi connectivity index (χ3n) is 5.45. The zero-order chi connectivity index (χ0) is 23.4. The van der Waals surface area contributed by atoms with E-state index in [0.29, 0.717) is 34.9 Å². The number of benzene rings is 3. The molecule has 168 valence electrons. The van der Waals surface area contributed by atoms with Crippen LogP contribution in [0.15, 0.2) is 78.5 Å². The second kappa shape index (κ2) is 9.61. The zero-order valence-electron chi connectivity index (χ0n) is 18.9. The Kier molecular flexibility index (Phi) is 6.45. The van der Waals surface area contributed by atoms with E-state index >= 15 is 0 Å². The van der Waals surface area contributed by atoms with Gasteiger partial charge in [-0.25, -0.2) is 0 Å². The molecule has 0 atom stereocenters. The van der Waals surface area contributed by atoms with E-state index in [2.05, 4.69) is 5.32 Å². The summed E-state index contributed by atoms with van der Waals surface area (Å²) in [4.78, 5) is 28.3. The van der Waals surface area contributed by atoms with Gasteiger partial charge in [0, 0.05) is 0 Å². The lowest BCUT2D eigenvalue weighted by Crippen LogP contribution is -2.32. The predicted octanol–water partition coefficient (Wildman–Crippen LogP) is 4.79. The molecule has 0 aromatic heterocycles. The number of ether oxygens (including phenoxy) is 2. The van der Waals surface area contributed by atoms with Gasteiger partial charge in [0.1, 0.15) is 17.2 Å². The van der Waals surface area contributed by atoms with E-state index in [1.165, 1.54) is 4.90 Å². The first-order valence-electron chi connectivity index (χ1n) is 10.8. The molecule has 0 aliphatic carbocycles. The molecule has 1 aliphatic heterocycles. The molecule has 6 heteroatoms. The van der Waals surface area contributed by atoms with Gasteiger partial charge in [-0.2, -0.15) is 0 Å². The molecule has 3 aromatic rings. The van der Waals surface area contributed by atoms with Crippen LogP contribution in [0.4, 0.5) is 5.69 Å². The second-order valence-corrected chi connectivity index (χ2v) is 7.71. The van der Waals surface area contributed by atoms with Crippen molar-refractivity contribution in [2.75, 3.05) is 19.0 Å². The Morgan fingerprint density at radius 2 is 1.58 bits per heavy atom. The molecule has 0 saturated carbocycles. The van der Waals surface area contributed by atoms with Gasteiger partial charge in [0.2, 0.25) is 0 Å². The molecule has 0 radical (unpaired) electrons. The number of nitrogens with one attached hydrogen (secondary N) is 1. The number of imide groups is 1. The van der Waals surface area contributed by atoms with Gasteiger partial charge in [0.05, 0.1) is 31.5 Å². The molecule has 1 heterocycles. The Labute approximate surface area is 193 Å². The Balaban J connectivity index is 1.74. The van der Waals surface area contributed by atoms with Gasteiger partial charge < -0.3 is 14.8 Å². The highest BCUT2D eigenvalue weighted by atomic mass is 16.5. The van der Waals surface area contributed by atoms with Crippen molar-refractivity contribution < 1.29 is 19.1 Å². The molecular formula is C27H26N2O4. The number of carbonyl (C=O) groups excluding carboxylic acids is 2. The molecule has 0 spiro atoms. The Morgan fingerprint density at radius 1 is 0.879 bits per heavy atom. The van der Waals surface area contributed by atoms with E-state index in [9.17, 15) is 9.59 Å². The quantitative estimate of drug-likeness (QED) is 0.508. The van der Waals surface area contributed by atoms with Gasteiger partial charge in [-0.05, 0) is 49.2 Å². The molecule has 4 rings (SSSR count). The smallest absolute Gasteiger partial charge is 0.278 e. The number of amides is 2. The molecule has 3 aromatic carbocycles. The summed E-state index contributed by atoms with van der Waals surface area (Å²) in [6.07, 6.45) is 0. The maximum Gasteiger partial charge on any atom is 0.278 e. The number of rotatable bonds is 8. The number of nitrogens with zero attached hydrogens (tertiary/aromatic N) is 1. The summed E-state index contributed by atoms with van der Waals surface area (Å²) < 4.78 is 10.9. The Morgan fingerprint density at radius 3 is 2.24 bits per heavy atom. The number of aryl methyl sites for hydroxylation is 1. The van der Waals surface area contributed by atoms with E-state index in [0.717, 1.165) is 11.1 Å². The fraction of sp³-hybridized carbons (Fsp3) is 0.185. The molecular weight excluding hydrogens is 416 g/mol. The molecule has 1 N–H and O–H groups in total. The van der Waals surface area contributed by atoms with Crippen LogP contribution in [-0.2, 0) is 16.1 Å². The number of para-hydroxylation sites is 2. The SMILES string of the molecule is CCOc1ccccc1NC1=C(c2ccc(OC)cc2)C(=O)N(Cc2ccc(C)cc2)C1=O. The average molecular weight is 443 g/mol. The van der Waals surface area contributed by atoms with Crippen molar-refractivity contribution in [3.63, 3.8) is 0 Å². The number of anilines is 1. The zero-order valence-corrected chi connectivity index (χ0v) is 18.9. The molecule has 0 bridgehead atoms. The van der Waals surface area contributed by atoms with Crippen molar-refractivity contribution in [3.05, 3.63) is 95.2 Å². The summed E-state index contributed by atoms with van der Waals surface area (Å²) in [6.45, 7) is 4.56. The van der Waals surface area contributed by atoms with Gasteiger partial charge in [0.15, 0.2) is 0 Å². The molecule has 33 heavy (non-hydrogen) atoms. The topological polar surface area (TPSA) is 67.9 Å². The van der Waals surface area contributed by atoms with Crippen LogP contribution >= 0.6 is 0 Å². The number of hydrogen-bond donors (Lipinski definition) is 1. The predicted molar refractivity (Wildman–Crippen MR) is 128 cm³/mol. The lowest BCUT2D eigenvalue weighted by molar-refractivity contribution is -0.137. The minimum absolute atomic E-state index is 0.190. The van der Waals surface area contributed by atoms with E-state index in [4.69, 9.17) is 9.47 Å². The number of carbonyl (C=O) groups is 2. The minimum atomic E-state index is -0.377. The van der Waals surface area contributed by atoms with E-state index < -0.39 is 0 Å². The van der Waals surface area contributed by atoms with E-state index in [-0.39, 0.29) is 24.1 Å². The number of methoxy groups -OCH3 is 1. The molecule has 1 aliphatic rings. The second-order valence-electron chi connectivity index (χ2n) is 7.71. The third-order valence-corrected chi connectivity index (χ3v) is 5.45. The summed E-state index contributed by atoms with van der Waals surface area (Å²) >= 11 is 0. The van der Waals surface area contributed by atoms with Crippen LogP contribution in [0.5, 0.6) is 11.5 Å². The average Bonchev–Trinajstić information content (AvgIpc) is 3.06. The van der Waals surface area contributed by atoms with Crippen LogP contribution in [-0.4, -0.2) is 30.4 Å². The van der Waals surface area contributed by atoms with Crippen LogP contribution < -0.4 is 14.8 Å². The van der Waals surface area contributed by atoms with E-state index in [1.807, 2.05) is 62.4 Å². The lowest BCUT2D eigenvalue weighted by Gasteiger charge is -2.16. The van der Waals surface area contributed by atoms with E-state index in [1.54, 1.807) is 31.4 Å². The minimum Gasteiger partial charge on any atom is -0.497 e.